The van der Waals surface area contributed by atoms with Crippen LogP contribution in [0.5, 0.6) is 0 Å². The zero-order chi connectivity index (χ0) is 12.6. The van der Waals surface area contributed by atoms with Crippen LogP contribution in [0.25, 0.3) is 0 Å². The molecular formula is C15H29N3. The molecule has 0 bridgehead atoms. The smallest absolute Gasteiger partial charge is 0.111 e. The Morgan fingerprint density at radius 2 is 1.56 bits per heavy atom. The predicted molar refractivity (Wildman–Crippen MR) is 77.4 cm³/mol. The Hall–Kier alpha value is -0.570. The van der Waals surface area contributed by atoms with Gasteiger partial charge in [-0.2, -0.15) is 0 Å². The third-order valence-electron chi connectivity index (χ3n) is 4.59. The van der Waals surface area contributed by atoms with Crippen LogP contribution in [0.3, 0.4) is 0 Å². The Bertz CT molecular complexity index is 248. The standard InChI is InChI=1S/C15H29N3/c16-18-15(12-11-13-7-5-6-8-13)17-14-9-3-1-2-4-10-14/h13-14H,1-12,16H2,(H,17,18). The number of aliphatic imine (C=N–C) groups is 1. The largest absolute Gasteiger partial charge is 0.312 e. The van der Waals surface area contributed by atoms with Gasteiger partial charge in [0, 0.05) is 6.42 Å². The highest BCUT2D eigenvalue weighted by molar-refractivity contribution is 5.81. The van der Waals surface area contributed by atoms with Gasteiger partial charge < -0.3 is 5.43 Å². The molecule has 0 radical (unpaired) electrons. The van der Waals surface area contributed by atoms with Crippen LogP contribution in [0.1, 0.15) is 77.0 Å². The van der Waals surface area contributed by atoms with Crippen LogP contribution in [0, 0.1) is 5.92 Å². The van der Waals surface area contributed by atoms with Crippen LogP contribution in [0.15, 0.2) is 4.99 Å². The van der Waals surface area contributed by atoms with Gasteiger partial charge in [-0.15, -0.1) is 0 Å². The van der Waals surface area contributed by atoms with Crippen LogP contribution in [-0.4, -0.2) is 11.9 Å². The maximum atomic E-state index is 5.63. The first-order valence-corrected chi connectivity index (χ1v) is 7.92. The summed E-state index contributed by atoms with van der Waals surface area (Å²) in [6, 6.07) is 0.530. The molecule has 0 aromatic carbocycles. The van der Waals surface area contributed by atoms with E-state index >= 15 is 0 Å². The van der Waals surface area contributed by atoms with Crippen molar-refractivity contribution >= 4 is 5.84 Å². The minimum atomic E-state index is 0.530. The van der Waals surface area contributed by atoms with E-state index < -0.39 is 0 Å². The zero-order valence-electron chi connectivity index (χ0n) is 11.7. The molecule has 3 heteroatoms. The Labute approximate surface area is 112 Å². The van der Waals surface area contributed by atoms with Crippen molar-refractivity contribution in [1.82, 2.24) is 5.43 Å². The molecule has 0 amide bonds. The van der Waals surface area contributed by atoms with E-state index in [0.717, 1.165) is 18.2 Å². The Balaban J connectivity index is 1.77. The molecule has 2 rings (SSSR count). The topological polar surface area (TPSA) is 50.4 Å². The molecule has 0 unspecified atom stereocenters. The van der Waals surface area contributed by atoms with Gasteiger partial charge in [0.1, 0.15) is 5.84 Å². The Morgan fingerprint density at radius 1 is 0.944 bits per heavy atom. The normalized spacial score (nSPS) is 24.2. The second kappa shape index (κ2) is 7.78. The lowest BCUT2D eigenvalue weighted by atomic mass is 10.0. The summed E-state index contributed by atoms with van der Waals surface area (Å²) in [5, 5.41) is 0. The van der Waals surface area contributed by atoms with E-state index in [1.807, 2.05) is 0 Å². The van der Waals surface area contributed by atoms with Crippen molar-refractivity contribution in [3.8, 4) is 0 Å². The number of nitrogens with two attached hydrogens (primary N) is 1. The molecule has 2 saturated carbocycles. The summed E-state index contributed by atoms with van der Waals surface area (Å²) >= 11 is 0. The number of rotatable bonds is 4. The first-order valence-electron chi connectivity index (χ1n) is 7.92. The highest BCUT2D eigenvalue weighted by Crippen LogP contribution is 2.28. The molecule has 3 N–H and O–H groups in total. The van der Waals surface area contributed by atoms with Gasteiger partial charge in [0.05, 0.1) is 6.04 Å². The summed E-state index contributed by atoms with van der Waals surface area (Å²) in [7, 11) is 0. The van der Waals surface area contributed by atoms with E-state index in [1.165, 1.54) is 70.6 Å². The molecule has 104 valence electrons. The molecule has 0 atom stereocenters. The van der Waals surface area contributed by atoms with E-state index in [2.05, 4.69) is 5.43 Å². The monoisotopic (exact) mass is 251 g/mol. The molecule has 0 saturated heterocycles. The van der Waals surface area contributed by atoms with Crippen molar-refractivity contribution < 1.29 is 0 Å². The molecule has 2 fully saturated rings. The van der Waals surface area contributed by atoms with Gasteiger partial charge in [-0.1, -0.05) is 51.4 Å². The fourth-order valence-corrected chi connectivity index (χ4v) is 3.42. The molecule has 0 aliphatic heterocycles. The summed E-state index contributed by atoms with van der Waals surface area (Å²) in [5.41, 5.74) is 2.84. The number of nitrogens with zero attached hydrogens (tertiary/aromatic N) is 1. The third-order valence-corrected chi connectivity index (χ3v) is 4.59. The lowest BCUT2D eigenvalue weighted by Gasteiger charge is -2.14. The van der Waals surface area contributed by atoms with Gasteiger partial charge in [0.2, 0.25) is 0 Å². The molecule has 0 heterocycles. The molecular weight excluding hydrogens is 222 g/mol. The van der Waals surface area contributed by atoms with E-state index in [-0.39, 0.29) is 0 Å². The molecule has 2 aliphatic carbocycles. The van der Waals surface area contributed by atoms with Crippen LogP contribution in [0.4, 0.5) is 0 Å². The van der Waals surface area contributed by atoms with Crippen molar-refractivity contribution in [3.05, 3.63) is 0 Å². The van der Waals surface area contributed by atoms with Gasteiger partial charge in [0.15, 0.2) is 0 Å². The summed E-state index contributed by atoms with van der Waals surface area (Å²) < 4.78 is 0. The second-order valence-electron chi connectivity index (χ2n) is 6.05. The fourth-order valence-electron chi connectivity index (χ4n) is 3.42. The van der Waals surface area contributed by atoms with Crippen molar-refractivity contribution in [2.45, 2.75) is 83.1 Å². The van der Waals surface area contributed by atoms with Crippen molar-refractivity contribution in [2.24, 2.45) is 16.8 Å². The Morgan fingerprint density at radius 3 is 2.17 bits per heavy atom. The molecule has 3 nitrogen and oxygen atoms in total. The van der Waals surface area contributed by atoms with Crippen LogP contribution < -0.4 is 11.3 Å². The number of hydrogen-bond acceptors (Lipinski definition) is 2. The van der Waals surface area contributed by atoms with E-state index in [0.29, 0.717) is 6.04 Å². The first-order chi connectivity index (χ1) is 8.88. The number of hydrazine groups is 1. The molecule has 0 aromatic heterocycles. The van der Waals surface area contributed by atoms with Crippen molar-refractivity contribution in [2.75, 3.05) is 0 Å². The van der Waals surface area contributed by atoms with Crippen molar-refractivity contribution in [3.63, 3.8) is 0 Å². The SMILES string of the molecule is NNC(CCC1CCCC1)=NC1CCCCCC1. The van der Waals surface area contributed by atoms with E-state index in [4.69, 9.17) is 10.8 Å². The molecule has 0 aromatic rings. The van der Waals surface area contributed by atoms with Gasteiger partial charge in [-0.3, -0.25) is 4.99 Å². The third kappa shape index (κ3) is 4.60. The average Bonchev–Trinajstić information content (AvgIpc) is 2.78. The number of amidine groups is 1. The van der Waals surface area contributed by atoms with Crippen LogP contribution in [0.2, 0.25) is 0 Å². The predicted octanol–water partition coefficient (Wildman–Crippen LogP) is 3.54. The summed E-state index contributed by atoms with van der Waals surface area (Å²) in [5.74, 6) is 7.61. The Kier molecular flexibility index (Phi) is 5.98. The van der Waals surface area contributed by atoms with Gasteiger partial charge in [-0.25, -0.2) is 5.84 Å². The van der Waals surface area contributed by atoms with Crippen molar-refractivity contribution in [1.29, 1.82) is 0 Å². The van der Waals surface area contributed by atoms with E-state index in [9.17, 15) is 0 Å². The quantitative estimate of drug-likeness (QED) is 0.264. The average molecular weight is 251 g/mol. The highest BCUT2D eigenvalue weighted by Gasteiger charge is 2.16. The van der Waals surface area contributed by atoms with Gasteiger partial charge >= 0.3 is 0 Å². The van der Waals surface area contributed by atoms with Crippen LogP contribution in [-0.2, 0) is 0 Å². The number of hydrogen-bond donors (Lipinski definition) is 2. The lowest BCUT2D eigenvalue weighted by Crippen LogP contribution is -2.32. The second-order valence-corrected chi connectivity index (χ2v) is 6.05. The minimum Gasteiger partial charge on any atom is -0.312 e. The minimum absolute atomic E-state index is 0.530. The van der Waals surface area contributed by atoms with Gasteiger partial charge in [-0.05, 0) is 25.2 Å². The van der Waals surface area contributed by atoms with Gasteiger partial charge in [0.25, 0.3) is 0 Å². The first kappa shape index (κ1) is 13.9. The molecule has 18 heavy (non-hydrogen) atoms. The zero-order valence-corrected chi connectivity index (χ0v) is 11.7. The van der Waals surface area contributed by atoms with Crippen LogP contribution >= 0.6 is 0 Å². The maximum Gasteiger partial charge on any atom is 0.111 e. The molecule has 2 aliphatic rings. The van der Waals surface area contributed by atoms with E-state index in [1.54, 1.807) is 0 Å². The summed E-state index contributed by atoms with van der Waals surface area (Å²) in [6.45, 7) is 0. The summed E-state index contributed by atoms with van der Waals surface area (Å²) in [4.78, 5) is 4.86. The maximum absolute atomic E-state index is 5.63. The fraction of sp³-hybridized carbons (Fsp3) is 0.933. The molecule has 0 spiro atoms. The summed E-state index contributed by atoms with van der Waals surface area (Å²) in [6.07, 6.45) is 16.0. The lowest BCUT2D eigenvalue weighted by molar-refractivity contribution is 0.509. The highest BCUT2D eigenvalue weighted by atomic mass is 15.3. The number of nitrogens with one attached hydrogen (secondary N) is 1.